The van der Waals surface area contributed by atoms with Crippen molar-refractivity contribution in [1.82, 2.24) is 15.1 Å². The number of aliphatic hydroxyl groups excluding tert-OH is 1. The molecule has 2 unspecified atom stereocenters. The Morgan fingerprint density at radius 2 is 2.24 bits per heavy atom. The summed E-state index contributed by atoms with van der Waals surface area (Å²) in [6.45, 7) is 0.919. The van der Waals surface area contributed by atoms with Crippen LogP contribution in [-0.2, 0) is 22.6 Å². The van der Waals surface area contributed by atoms with E-state index >= 15 is 0 Å². The quantitative estimate of drug-likeness (QED) is 0.804. The van der Waals surface area contributed by atoms with Gasteiger partial charge in [0.25, 0.3) is 0 Å². The molecule has 2 aromatic rings. The molecule has 0 aliphatic heterocycles. The van der Waals surface area contributed by atoms with Crippen molar-refractivity contribution in [1.29, 1.82) is 0 Å². The number of hydrogen-bond donors (Lipinski definition) is 2. The Balaban J connectivity index is 1.47. The first-order chi connectivity index (χ1) is 12.1. The van der Waals surface area contributed by atoms with Gasteiger partial charge in [0.1, 0.15) is 0 Å². The van der Waals surface area contributed by atoms with E-state index in [1.165, 1.54) is 0 Å². The van der Waals surface area contributed by atoms with Crippen LogP contribution >= 0.6 is 0 Å². The second-order valence-corrected chi connectivity index (χ2v) is 6.62. The number of amides is 1. The Morgan fingerprint density at radius 3 is 3.04 bits per heavy atom. The van der Waals surface area contributed by atoms with Gasteiger partial charge in [-0.1, -0.05) is 30.3 Å². The van der Waals surface area contributed by atoms with Crippen molar-refractivity contribution in [2.45, 2.75) is 37.9 Å². The predicted molar refractivity (Wildman–Crippen MR) is 94.0 cm³/mol. The van der Waals surface area contributed by atoms with Crippen molar-refractivity contribution in [3.8, 4) is 0 Å². The number of aromatic nitrogens is 2. The number of H-pyrrole nitrogens is 1. The first-order valence-electron chi connectivity index (χ1n) is 8.72. The van der Waals surface area contributed by atoms with Gasteiger partial charge in [0, 0.05) is 24.8 Å². The van der Waals surface area contributed by atoms with E-state index in [-0.39, 0.29) is 25.0 Å². The molecule has 1 aliphatic rings. The van der Waals surface area contributed by atoms with E-state index in [2.05, 4.69) is 10.2 Å². The highest BCUT2D eigenvalue weighted by Crippen LogP contribution is 2.31. The molecule has 6 nitrogen and oxygen atoms in total. The zero-order valence-corrected chi connectivity index (χ0v) is 14.5. The lowest BCUT2D eigenvalue weighted by molar-refractivity contribution is -0.133. The van der Waals surface area contributed by atoms with Crippen LogP contribution in [-0.4, -0.2) is 52.4 Å². The number of hydrogen-bond acceptors (Lipinski definition) is 4. The van der Waals surface area contributed by atoms with Crippen LogP contribution in [0, 0.1) is 0 Å². The summed E-state index contributed by atoms with van der Waals surface area (Å²) in [5.41, 5.74) is 3.12. The van der Waals surface area contributed by atoms with E-state index in [4.69, 9.17) is 4.74 Å². The molecule has 0 radical (unpaired) electrons. The third-order valence-electron chi connectivity index (χ3n) is 4.63. The van der Waals surface area contributed by atoms with E-state index < -0.39 is 6.10 Å². The topological polar surface area (TPSA) is 78.5 Å². The second-order valence-electron chi connectivity index (χ2n) is 6.62. The molecule has 1 aromatic carbocycles. The summed E-state index contributed by atoms with van der Waals surface area (Å²) in [5, 5.41) is 17.2. The zero-order chi connectivity index (χ0) is 17.6. The van der Waals surface area contributed by atoms with Crippen LogP contribution < -0.4 is 0 Å². The van der Waals surface area contributed by atoms with E-state index in [0.717, 1.165) is 36.1 Å². The van der Waals surface area contributed by atoms with E-state index in [1.54, 1.807) is 18.1 Å². The molecule has 2 atom stereocenters. The van der Waals surface area contributed by atoms with Crippen molar-refractivity contribution in [2.24, 2.45) is 0 Å². The molecule has 3 rings (SSSR count). The minimum atomic E-state index is -0.704. The maximum atomic E-state index is 12.7. The fraction of sp³-hybridized carbons (Fsp3) is 0.474. The van der Waals surface area contributed by atoms with E-state index in [1.807, 2.05) is 30.3 Å². The number of benzene rings is 1. The largest absolute Gasteiger partial charge is 0.389 e. The SMILES string of the molecule is CN(CC(O)COCc1ccccc1)C(=O)C1CCCc2[nH]ncc21. The molecule has 1 amide bonds. The Kier molecular flexibility index (Phi) is 5.83. The van der Waals surface area contributed by atoms with Gasteiger partial charge in [0.05, 0.1) is 31.4 Å². The molecule has 134 valence electrons. The van der Waals surface area contributed by atoms with Crippen molar-refractivity contribution < 1.29 is 14.6 Å². The third-order valence-corrected chi connectivity index (χ3v) is 4.63. The number of carbonyl (C=O) groups excluding carboxylic acids is 1. The van der Waals surface area contributed by atoms with Crippen molar-refractivity contribution in [2.75, 3.05) is 20.2 Å². The number of likely N-dealkylation sites (N-methyl/N-ethyl adjacent to an activating group) is 1. The number of nitrogens with one attached hydrogen (secondary N) is 1. The van der Waals surface area contributed by atoms with Gasteiger partial charge in [-0.2, -0.15) is 5.10 Å². The number of fused-ring (bicyclic) bond motifs is 1. The molecule has 6 heteroatoms. The highest BCUT2D eigenvalue weighted by Gasteiger charge is 2.30. The van der Waals surface area contributed by atoms with Gasteiger partial charge in [-0.25, -0.2) is 0 Å². The maximum Gasteiger partial charge on any atom is 0.230 e. The Morgan fingerprint density at radius 1 is 1.44 bits per heavy atom. The summed E-state index contributed by atoms with van der Waals surface area (Å²) in [5.74, 6) is -0.130. The first kappa shape index (κ1) is 17.6. The average Bonchev–Trinajstić information content (AvgIpc) is 3.10. The number of aromatic amines is 1. The smallest absolute Gasteiger partial charge is 0.230 e. The molecule has 1 heterocycles. The highest BCUT2D eigenvalue weighted by molar-refractivity contribution is 5.84. The second kappa shape index (κ2) is 8.27. The van der Waals surface area contributed by atoms with Crippen molar-refractivity contribution in [3.63, 3.8) is 0 Å². The normalized spacial score (nSPS) is 17.8. The van der Waals surface area contributed by atoms with Gasteiger partial charge >= 0.3 is 0 Å². The highest BCUT2D eigenvalue weighted by atomic mass is 16.5. The fourth-order valence-corrected chi connectivity index (χ4v) is 3.33. The van der Waals surface area contributed by atoms with E-state index in [0.29, 0.717) is 6.61 Å². The number of nitrogens with zero attached hydrogens (tertiary/aromatic N) is 2. The van der Waals surface area contributed by atoms with Gasteiger partial charge in [0.15, 0.2) is 0 Å². The molecule has 25 heavy (non-hydrogen) atoms. The summed E-state index contributed by atoms with van der Waals surface area (Å²) in [6.07, 6.45) is 3.80. The lowest BCUT2D eigenvalue weighted by atomic mass is 9.86. The van der Waals surface area contributed by atoms with Crippen LogP contribution in [0.15, 0.2) is 36.5 Å². The molecular formula is C19H25N3O3. The van der Waals surface area contributed by atoms with Crippen LogP contribution in [0.3, 0.4) is 0 Å². The molecule has 1 aliphatic carbocycles. The van der Waals surface area contributed by atoms with Crippen LogP contribution in [0.4, 0.5) is 0 Å². The minimum absolute atomic E-state index is 0.0319. The zero-order valence-electron chi connectivity index (χ0n) is 14.5. The van der Waals surface area contributed by atoms with Gasteiger partial charge in [-0.15, -0.1) is 0 Å². The monoisotopic (exact) mass is 343 g/mol. The molecule has 2 N–H and O–H groups in total. The molecule has 0 fully saturated rings. The Hall–Kier alpha value is -2.18. The van der Waals surface area contributed by atoms with Gasteiger partial charge in [-0.3, -0.25) is 9.89 Å². The molecular weight excluding hydrogens is 318 g/mol. The number of carbonyl (C=O) groups is 1. The number of aliphatic hydroxyl groups is 1. The maximum absolute atomic E-state index is 12.7. The van der Waals surface area contributed by atoms with Crippen LogP contribution in [0.5, 0.6) is 0 Å². The van der Waals surface area contributed by atoms with E-state index in [9.17, 15) is 9.90 Å². The fourth-order valence-electron chi connectivity index (χ4n) is 3.33. The summed E-state index contributed by atoms with van der Waals surface area (Å²) in [4.78, 5) is 14.3. The minimum Gasteiger partial charge on any atom is -0.389 e. The average molecular weight is 343 g/mol. The summed E-state index contributed by atoms with van der Waals surface area (Å²) >= 11 is 0. The van der Waals surface area contributed by atoms with Gasteiger partial charge < -0.3 is 14.7 Å². The van der Waals surface area contributed by atoms with Gasteiger partial charge in [-0.05, 0) is 24.8 Å². The lowest BCUT2D eigenvalue weighted by Gasteiger charge is -2.27. The van der Waals surface area contributed by atoms with Crippen molar-refractivity contribution in [3.05, 3.63) is 53.3 Å². The standard InChI is InChI=1S/C19H25N3O3/c1-22(11-15(23)13-25-12-14-6-3-2-4-7-14)19(24)16-8-5-9-18-17(16)10-20-21-18/h2-4,6-7,10,15-16,23H,5,8-9,11-13H2,1H3,(H,20,21). The summed E-state index contributed by atoms with van der Waals surface area (Å²) in [7, 11) is 1.73. The lowest BCUT2D eigenvalue weighted by Crippen LogP contribution is -2.39. The number of aryl methyl sites for hydroxylation is 1. The Bertz CT molecular complexity index is 686. The molecule has 0 saturated heterocycles. The number of rotatable bonds is 7. The molecule has 0 spiro atoms. The number of ether oxygens (including phenoxy) is 1. The molecule has 1 aromatic heterocycles. The molecule has 0 saturated carbocycles. The molecule has 0 bridgehead atoms. The predicted octanol–water partition coefficient (Wildman–Crippen LogP) is 1.87. The third kappa shape index (κ3) is 4.46. The van der Waals surface area contributed by atoms with Crippen LogP contribution in [0.2, 0.25) is 0 Å². The summed E-state index contributed by atoms with van der Waals surface area (Å²) < 4.78 is 5.55. The summed E-state index contributed by atoms with van der Waals surface area (Å²) in [6, 6.07) is 9.82. The first-order valence-corrected chi connectivity index (χ1v) is 8.72. The van der Waals surface area contributed by atoms with Crippen LogP contribution in [0.1, 0.15) is 35.6 Å². The van der Waals surface area contributed by atoms with Crippen LogP contribution in [0.25, 0.3) is 0 Å². The Labute approximate surface area is 147 Å². The van der Waals surface area contributed by atoms with Crippen molar-refractivity contribution >= 4 is 5.91 Å². The van der Waals surface area contributed by atoms with Gasteiger partial charge in [0.2, 0.25) is 5.91 Å².